The molecule has 0 fully saturated rings. The highest BCUT2D eigenvalue weighted by Crippen LogP contribution is 2.41. The number of carboxylic acids is 1. The minimum atomic E-state index is -1.07. The largest absolute Gasteiger partial charge is 0.496 e. The predicted octanol–water partition coefficient (Wildman–Crippen LogP) is 1.56. The summed E-state index contributed by atoms with van der Waals surface area (Å²) in [5.41, 5.74) is 0. The van der Waals surface area contributed by atoms with Crippen molar-refractivity contribution in [1.82, 2.24) is 0 Å². The van der Waals surface area contributed by atoms with Crippen LogP contribution in [0.5, 0.6) is 23.0 Å². The third kappa shape index (κ3) is 2.97. The molecule has 0 aliphatic rings. The van der Waals surface area contributed by atoms with Gasteiger partial charge < -0.3 is 24.1 Å². The lowest BCUT2D eigenvalue weighted by Gasteiger charge is -2.17. The summed E-state index contributed by atoms with van der Waals surface area (Å²) in [4.78, 5) is 10.8. The number of carboxylic acid groups (broad SMARTS) is 1. The van der Waals surface area contributed by atoms with E-state index in [9.17, 15) is 4.79 Å². The molecule has 0 saturated carbocycles. The Bertz CT molecular complexity index is 404. The van der Waals surface area contributed by atoms with Gasteiger partial charge in [-0.3, -0.25) is 0 Å². The van der Waals surface area contributed by atoms with Crippen LogP contribution in [0.15, 0.2) is 12.1 Å². The molecule has 1 aromatic rings. The number of methoxy groups -OCH3 is 3. The molecule has 0 aromatic heterocycles. The predicted molar refractivity (Wildman–Crippen MR) is 63.8 cm³/mol. The fraction of sp³-hybridized carbons (Fsp3) is 0.417. The Morgan fingerprint density at radius 1 is 1.11 bits per heavy atom. The molecular formula is C12H16O6. The van der Waals surface area contributed by atoms with Crippen molar-refractivity contribution in [3.8, 4) is 23.0 Å². The summed E-state index contributed by atoms with van der Waals surface area (Å²) in [7, 11) is 4.41. The first-order valence-corrected chi connectivity index (χ1v) is 5.23. The maximum absolute atomic E-state index is 10.8. The first kappa shape index (κ1) is 14.0. The molecule has 100 valence electrons. The summed E-state index contributed by atoms with van der Waals surface area (Å²) in [6.45, 7) is 1.42. The standard InChI is InChI=1S/C12H16O6/c1-7(12(13)14)18-11-9(16-3)5-8(15-2)6-10(11)17-4/h5-7H,1-4H3,(H,13,14). The summed E-state index contributed by atoms with van der Waals surface area (Å²) in [6.07, 6.45) is -1.01. The number of aliphatic carboxylic acids is 1. The Morgan fingerprint density at radius 3 is 1.94 bits per heavy atom. The van der Waals surface area contributed by atoms with E-state index < -0.39 is 12.1 Å². The molecule has 1 N–H and O–H groups in total. The van der Waals surface area contributed by atoms with Gasteiger partial charge in [-0.2, -0.15) is 0 Å². The number of carbonyl (C=O) groups is 1. The highest BCUT2D eigenvalue weighted by atomic mass is 16.6. The fourth-order valence-electron chi connectivity index (χ4n) is 1.32. The third-order valence-electron chi connectivity index (χ3n) is 2.31. The van der Waals surface area contributed by atoms with E-state index in [0.717, 1.165) is 0 Å². The van der Waals surface area contributed by atoms with E-state index in [1.165, 1.54) is 28.3 Å². The number of benzene rings is 1. The maximum atomic E-state index is 10.8. The molecule has 0 heterocycles. The van der Waals surface area contributed by atoms with E-state index in [0.29, 0.717) is 17.2 Å². The van der Waals surface area contributed by atoms with Gasteiger partial charge in [0.1, 0.15) is 5.75 Å². The molecule has 1 unspecified atom stereocenters. The van der Waals surface area contributed by atoms with Gasteiger partial charge in [-0.05, 0) is 6.92 Å². The Morgan fingerprint density at radius 2 is 1.61 bits per heavy atom. The van der Waals surface area contributed by atoms with Crippen molar-refractivity contribution in [3.63, 3.8) is 0 Å². The Labute approximate surface area is 105 Å². The number of hydrogen-bond donors (Lipinski definition) is 1. The van der Waals surface area contributed by atoms with Crippen LogP contribution in [-0.4, -0.2) is 38.5 Å². The smallest absolute Gasteiger partial charge is 0.344 e. The van der Waals surface area contributed by atoms with Crippen molar-refractivity contribution >= 4 is 5.97 Å². The molecule has 1 rings (SSSR count). The summed E-state index contributed by atoms with van der Waals surface area (Å²) < 4.78 is 20.7. The Hall–Kier alpha value is -2.11. The van der Waals surface area contributed by atoms with Crippen molar-refractivity contribution in [2.45, 2.75) is 13.0 Å². The van der Waals surface area contributed by atoms with Crippen molar-refractivity contribution in [3.05, 3.63) is 12.1 Å². The molecule has 6 nitrogen and oxygen atoms in total. The monoisotopic (exact) mass is 256 g/mol. The molecule has 6 heteroatoms. The molecule has 0 bridgehead atoms. The molecule has 1 aromatic carbocycles. The zero-order chi connectivity index (χ0) is 13.7. The zero-order valence-electron chi connectivity index (χ0n) is 10.7. The van der Waals surface area contributed by atoms with Crippen LogP contribution in [0.1, 0.15) is 6.92 Å². The van der Waals surface area contributed by atoms with Crippen molar-refractivity contribution in [2.75, 3.05) is 21.3 Å². The lowest BCUT2D eigenvalue weighted by atomic mass is 10.2. The SMILES string of the molecule is COc1cc(OC)c(OC(C)C(=O)O)c(OC)c1. The van der Waals surface area contributed by atoms with Crippen molar-refractivity contribution in [1.29, 1.82) is 0 Å². The number of hydrogen-bond acceptors (Lipinski definition) is 5. The summed E-state index contributed by atoms with van der Waals surface area (Å²) in [6, 6.07) is 3.18. The average Bonchev–Trinajstić information content (AvgIpc) is 2.38. The van der Waals surface area contributed by atoms with Crippen LogP contribution in [0.2, 0.25) is 0 Å². The van der Waals surface area contributed by atoms with Gasteiger partial charge in [0.25, 0.3) is 0 Å². The maximum Gasteiger partial charge on any atom is 0.344 e. The Kier molecular flexibility index (Phi) is 4.65. The van der Waals surface area contributed by atoms with Crippen LogP contribution in [0.4, 0.5) is 0 Å². The quantitative estimate of drug-likeness (QED) is 0.832. The van der Waals surface area contributed by atoms with Gasteiger partial charge in [-0.1, -0.05) is 0 Å². The topological polar surface area (TPSA) is 74.2 Å². The van der Waals surface area contributed by atoms with Crippen LogP contribution in [0.3, 0.4) is 0 Å². The molecular weight excluding hydrogens is 240 g/mol. The third-order valence-corrected chi connectivity index (χ3v) is 2.31. The van der Waals surface area contributed by atoms with Gasteiger partial charge >= 0.3 is 5.97 Å². The van der Waals surface area contributed by atoms with Crippen molar-refractivity contribution < 1.29 is 28.8 Å². The van der Waals surface area contributed by atoms with E-state index in [4.69, 9.17) is 24.1 Å². The van der Waals surface area contributed by atoms with Crippen LogP contribution in [-0.2, 0) is 4.79 Å². The van der Waals surface area contributed by atoms with E-state index in [1.807, 2.05) is 0 Å². The van der Waals surface area contributed by atoms with Gasteiger partial charge in [0.15, 0.2) is 17.6 Å². The van der Waals surface area contributed by atoms with Crippen LogP contribution < -0.4 is 18.9 Å². The van der Waals surface area contributed by atoms with Crippen molar-refractivity contribution in [2.24, 2.45) is 0 Å². The molecule has 0 radical (unpaired) electrons. The zero-order valence-corrected chi connectivity index (χ0v) is 10.7. The number of rotatable bonds is 6. The minimum Gasteiger partial charge on any atom is -0.496 e. The lowest BCUT2D eigenvalue weighted by molar-refractivity contribution is -0.144. The van der Waals surface area contributed by atoms with Gasteiger partial charge in [-0.25, -0.2) is 4.79 Å². The minimum absolute atomic E-state index is 0.232. The molecule has 0 aliphatic heterocycles. The second-order valence-corrected chi connectivity index (χ2v) is 3.46. The van der Waals surface area contributed by atoms with E-state index in [1.54, 1.807) is 12.1 Å². The Balaban J connectivity index is 3.18. The first-order chi connectivity index (χ1) is 8.53. The lowest BCUT2D eigenvalue weighted by Crippen LogP contribution is -2.23. The molecule has 0 spiro atoms. The fourth-order valence-corrected chi connectivity index (χ4v) is 1.32. The highest BCUT2D eigenvalue weighted by Gasteiger charge is 2.20. The molecule has 1 atom stereocenters. The normalized spacial score (nSPS) is 11.6. The van der Waals surface area contributed by atoms with E-state index >= 15 is 0 Å². The molecule has 0 saturated heterocycles. The molecule has 0 aliphatic carbocycles. The second kappa shape index (κ2) is 6.00. The summed E-state index contributed by atoms with van der Waals surface area (Å²) >= 11 is 0. The van der Waals surface area contributed by atoms with Gasteiger partial charge in [0.2, 0.25) is 5.75 Å². The van der Waals surface area contributed by atoms with Crippen LogP contribution >= 0.6 is 0 Å². The first-order valence-electron chi connectivity index (χ1n) is 5.23. The highest BCUT2D eigenvalue weighted by molar-refractivity contribution is 5.72. The van der Waals surface area contributed by atoms with Gasteiger partial charge in [0.05, 0.1) is 21.3 Å². The van der Waals surface area contributed by atoms with E-state index in [-0.39, 0.29) is 5.75 Å². The van der Waals surface area contributed by atoms with Crippen LogP contribution in [0, 0.1) is 0 Å². The number of ether oxygens (including phenoxy) is 4. The summed E-state index contributed by atoms with van der Waals surface area (Å²) in [5.74, 6) is 0.378. The molecule has 18 heavy (non-hydrogen) atoms. The van der Waals surface area contributed by atoms with Gasteiger partial charge in [-0.15, -0.1) is 0 Å². The van der Waals surface area contributed by atoms with Crippen LogP contribution in [0.25, 0.3) is 0 Å². The van der Waals surface area contributed by atoms with E-state index in [2.05, 4.69) is 0 Å². The van der Waals surface area contributed by atoms with Gasteiger partial charge in [0, 0.05) is 12.1 Å². The average molecular weight is 256 g/mol. The molecule has 0 amide bonds. The second-order valence-electron chi connectivity index (χ2n) is 3.46. The summed E-state index contributed by atoms with van der Waals surface area (Å²) in [5, 5.41) is 8.84.